The highest BCUT2D eigenvalue weighted by molar-refractivity contribution is 5.05. The maximum absolute atomic E-state index is 9.60. The highest BCUT2D eigenvalue weighted by Gasteiger charge is 2.07. The van der Waals surface area contributed by atoms with Crippen molar-refractivity contribution in [2.75, 3.05) is 6.54 Å². The first-order chi connectivity index (χ1) is 7.11. The van der Waals surface area contributed by atoms with Gasteiger partial charge in [0.1, 0.15) is 12.4 Å². The second-order valence-electron chi connectivity index (χ2n) is 3.62. The van der Waals surface area contributed by atoms with Crippen LogP contribution in [0.1, 0.15) is 19.7 Å². The normalized spacial score (nSPS) is 12.7. The van der Waals surface area contributed by atoms with Crippen LogP contribution in [0.5, 0.6) is 0 Å². The Balaban J connectivity index is 2.38. The molecule has 82 valence electrons. The lowest BCUT2D eigenvalue weighted by Gasteiger charge is -2.13. The lowest BCUT2D eigenvalue weighted by molar-refractivity contribution is 0.144. The molecule has 0 saturated carbocycles. The molecular weight excluding hydrogens is 194 g/mol. The number of nitrogens with zero attached hydrogens (tertiary/aromatic N) is 4. The molecule has 15 heavy (non-hydrogen) atoms. The average Bonchev–Trinajstić information content (AvgIpc) is 2.62. The van der Waals surface area contributed by atoms with Crippen LogP contribution in [0.15, 0.2) is 6.33 Å². The van der Waals surface area contributed by atoms with Gasteiger partial charge < -0.3 is 10.4 Å². The fraction of sp³-hybridized carbons (Fsp3) is 0.667. The van der Waals surface area contributed by atoms with Crippen LogP contribution in [0.2, 0.25) is 0 Å². The molecule has 0 spiro atoms. The van der Waals surface area contributed by atoms with Gasteiger partial charge in [0.05, 0.1) is 12.6 Å². The Morgan fingerprint density at radius 2 is 2.40 bits per heavy atom. The highest BCUT2D eigenvalue weighted by Crippen LogP contribution is 1.92. The summed E-state index contributed by atoms with van der Waals surface area (Å²) in [5, 5.41) is 25.1. The summed E-state index contributed by atoms with van der Waals surface area (Å²) in [4.78, 5) is 3.74. The van der Waals surface area contributed by atoms with Gasteiger partial charge in [0.2, 0.25) is 0 Å². The third-order valence-corrected chi connectivity index (χ3v) is 1.80. The molecule has 1 unspecified atom stereocenters. The number of aliphatic hydroxyl groups is 1. The van der Waals surface area contributed by atoms with Gasteiger partial charge in [0.25, 0.3) is 5.82 Å². The number of hydrogen-bond donors (Lipinski definition) is 2. The molecule has 6 nitrogen and oxygen atoms in total. The first-order valence-corrected chi connectivity index (χ1v) is 4.83. The Morgan fingerprint density at radius 1 is 1.67 bits per heavy atom. The van der Waals surface area contributed by atoms with Crippen LogP contribution < -0.4 is 5.32 Å². The zero-order valence-electron chi connectivity index (χ0n) is 8.88. The standard InChI is InChI=1S/C9H15N5O/c1-7(2)11-4-8(15)5-14-6-12-9(3-10)13-14/h6-8,11,15H,4-5H2,1-2H3. The largest absolute Gasteiger partial charge is 0.390 e. The summed E-state index contributed by atoms with van der Waals surface area (Å²) >= 11 is 0. The molecule has 0 aliphatic rings. The Labute approximate surface area is 88.5 Å². The minimum atomic E-state index is -0.527. The molecule has 0 fully saturated rings. The van der Waals surface area contributed by atoms with Crippen molar-refractivity contribution < 1.29 is 5.11 Å². The van der Waals surface area contributed by atoms with Crippen LogP contribution >= 0.6 is 0 Å². The van der Waals surface area contributed by atoms with E-state index in [1.165, 1.54) is 11.0 Å². The molecule has 1 atom stereocenters. The van der Waals surface area contributed by atoms with Gasteiger partial charge in [0.15, 0.2) is 0 Å². The van der Waals surface area contributed by atoms with Gasteiger partial charge in [-0.2, -0.15) is 5.26 Å². The fourth-order valence-electron chi connectivity index (χ4n) is 1.09. The number of rotatable bonds is 5. The van der Waals surface area contributed by atoms with Crippen molar-refractivity contribution in [3.8, 4) is 6.07 Å². The highest BCUT2D eigenvalue weighted by atomic mass is 16.3. The van der Waals surface area contributed by atoms with Gasteiger partial charge in [-0.05, 0) is 0 Å². The molecule has 0 radical (unpaired) electrons. The van der Waals surface area contributed by atoms with Crippen LogP contribution in [-0.2, 0) is 6.54 Å². The van der Waals surface area contributed by atoms with E-state index in [2.05, 4.69) is 15.4 Å². The van der Waals surface area contributed by atoms with Crippen LogP contribution in [0, 0.1) is 11.3 Å². The zero-order chi connectivity index (χ0) is 11.3. The molecule has 1 aromatic heterocycles. The Morgan fingerprint density at radius 3 is 2.93 bits per heavy atom. The van der Waals surface area contributed by atoms with Crippen molar-refractivity contribution in [2.45, 2.75) is 32.5 Å². The number of nitriles is 1. The van der Waals surface area contributed by atoms with Crippen molar-refractivity contribution >= 4 is 0 Å². The minimum Gasteiger partial charge on any atom is -0.390 e. The molecule has 1 heterocycles. The summed E-state index contributed by atoms with van der Waals surface area (Å²) in [5.74, 6) is 0.124. The van der Waals surface area contributed by atoms with Gasteiger partial charge in [-0.15, -0.1) is 5.10 Å². The van der Waals surface area contributed by atoms with Crippen LogP contribution in [0.4, 0.5) is 0 Å². The van der Waals surface area contributed by atoms with Crippen molar-refractivity contribution in [3.63, 3.8) is 0 Å². The molecule has 1 aromatic rings. The predicted molar refractivity (Wildman–Crippen MR) is 53.9 cm³/mol. The van der Waals surface area contributed by atoms with E-state index < -0.39 is 6.10 Å². The fourth-order valence-corrected chi connectivity index (χ4v) is 1.09. The monoisotopic (exact) mass is 209 g/mol. The molecule has 2 N–H and O–H groups in total. The summed E-state index contributed by atoms with van der Waals surface area (Å²) in [6, 6.07) is 2.17. The number of nitrogens with one attached hydrogen (secondary N) is 1. The molecule has 0 amide bonds. The van der Waals surface area contributed by atoms with Crippen LogP contribution in [0.25, 0.3) is 0 Å². The third-order valence-electron chi connectivity index (χ3n) is 1.80. The minimum absolute atomic E-state index is 0.124. The SMILES string of the molecule is CC(C)NCC(O)Cn1cnc(C#N)n1. The third kappa shape index (κ3) is 4.06. The number of aliphatic hydroxyl groups excluding tert-OH is 1. The first-order valence-electron chi connectivity index (χ1n) is 4.83. The van der Waals surface area contributed by atoms with Gasteiger partial charge in [-0.3, -0.25) is 0 Å². The van der Waals surface area contributed by atoms with E-state index in [-0.39, 0.29) is 5.82 Å². The topological polar surface area (TPSA) is 86.8 Å². The first kappa shape index (κ1) is 11.6. The maximum atomic E-state index is 9.60. The van der Waals surface area contributed by atoms with Crippen molar-refractivity contribution in [1.29, 1.82) is 5.26 Å². The predicted octanol–water partition coefficient (Wildman–Crippen LogP) is -0.491. The van der Waals surface area contributed by atoms with Gasteiger partial charge in [0, 0.05) is 12.6 Å². The molecular formula is C9H15N5O. The molecule has 0 bridgehead atoms. The molecule has 0 aliphatic heterocycles. The summed E-state index contributed by atoms with van der Waals surface area (Å²) in [6.07, 6.45) is 0.914. The molecule has 1 rings (SSSR count). The van der Waals surface area contributed by atoms with Crippen molar-refractivity contribution in [1.82, 2.24) is 20.1 Å². The Hall–Kier alpha value is -1.45. The summed E-state index contributed by atoms with van der Waals surface area (Å²) in [6.45, 7) is 4.86. The quantitative estimate of drug-likeness (QED) is 0.683. The lowest BCUT2D eigenvalue weighted by Crippen LogP contribution is -2.34. The Bertz CT molecular complexity index is 341. The Kier molecular flexibility index (Phi) is 4.21. The summed E-state index contributed by atoms with van der Waals surface area (Å²) in [7, 11) is 0. The van der Waals surface area contributed by atoms with Gasteiger partial charge >= 0.3 is 0 Å². The second kappa shape index (κ2) is 5.44. The average molecular weight is 209 g/mol. The molecule has 6 heteroatoms. The summed E-state index contributed by atoms with van der Waals surface area (Å²) < 4.78 is 1.46. The molecule has 0 aromatic carbocycles. The van der Waals surface area contributed by atoms with Gasteiger partial charge in [-0.25, -0.2) is 9.67 Å². The smallest absolute Gasteiger partial charge is 0.252 e. The molecule has 0 saturated heterocycles. The number of aromatic nitrogens is 3. The lowest BCUT2D eigenvalue weighted by atomic mass is 10.3. The van der Waals surface area contributed by atoms with Crippen molar-refractivity contribution in [3.05, 3.63) is 12.2 Å². The van der Waals surface area contributed by atoms with E-state index in [0.29, 0.717) is 19.1 Å². The molecule has 0 aliphatic carbocycles. The van der Waals surface area contributed by atoms with Crippen molar-refractivity contribution in [2.24, 2.45) is 0 Å². The van der Waals surface area contributed by atoms with Gasteiger partial charge in [-0.1, -0.05) is 13.8 Å². The van der Waals surface area contributed by atoms with E-state index in [4.69, 9.17) is 5.26 Å². The zero-order valence-corrected chi connectivity index (χ0v) is 8.88. The maximum Gasteiger partial charge on any atom is 0.252 e. The van der Waals surface area contributed by atoms with E-state index >= 15 is 0 Å². The van der Waals surface area contributed by atoms with E-state index in [0.717, 1.165) is 0 Å². The second-order valence-corrected chi connectivity index (χ2v) is 3.62. The van der Waals surface area contributed by atoms with E-state index in [1.54, 1.807) is 0 Å². The van der Waals surface area contributed by atoms with E-state index in [9.17, 15) is 5.11 Å². The van der Waals surface area contributed by atoms with Crippen LogP contribution in [-0.4, -0.2) is 38.6 Å². The number of hydrogen-bond acceptors (Lipinski definition) is 5. The summed E-state index contributed by atoms with van der Waals surface area (Å²) in [5.41, 5.74) is 0. The van der Waals surface area contributed by atoms with E-state index in [1.807, 2.05) is 19.9 Å². The van der Waals surface area contributed by atoms with Crippen LogP contribution in [0.3, 0.4) is 0 Å².